The molecule has 1 aliphatic rings. The largest absolute Gasteiger partial charge is 0.478 e. The maximum absolute atomic E-state index is 13.4. The summed E-state index contributed by atoms with van der Waals surface area (Å²) in [6, 6.07) is 3.88. The van der Waals surface area contributed by atoms with Crippen LogP contribution in [0.5, 0.6) is 0 Å². The minimum Gasteiger partial charge on any atom is -0.478 e. The number of rotatable bonds is 6. The first-order valence-corrected chi connectivity index (χ1v) is 5.89. The summed E-state index contributed by atoms with van der Waals surface area (Å²) in [4.78, 5) is 10.7. The quantitative estimate of drug-likeness (QED) is 0.747. The van der Waals surface area contributed by atoms with Crippen LogP contribution in [-0.2, 0) is 6.54 Å². The van der Waals surface area contributed by atoms with Crippen LogP contribution in [0.2, 0.25) is 0 Å². The van der Waals surface area contributed by atoms with Crippen molar-refractivity contribution in [3.05, 3.63) is 35.1 Å². The number of benzene rings is 1. The third-order valence-electron chi connectivity index (χ3n) is 3.03. The lowest BCUT2D eigenvalue weighted by Crippen LogP contribution is -2.16. The van der Waals surface area contributed by atoms with Gasteiger partial charge in [0.05, 0.1) is 5.56 Å². The van der Waals surface area contributed by atoms with E-state index >= 15 is 0 Å². The van der Waals surface area contributed by atoms with Gasteiger partial charge in [0.2, 0.25) is 0 Å². The first kappa shape index (κ1) is 12.0. The molecular formula is C13H16FNO2. The van der Waals surface area contributed by atoms with Crippen LogP contribution >= 0.6 is 0 Å². The van der Waals surface area contributed by atoms with E-state index in [1.807, 2.05) is 0 Å². The standard InChI is InChI=1S/C13H16FNO2/c14-12-4-3-10(13(16)17)7-11(12)8-15-6-5-9-1-2-9/h3-4,7,9,15H,1-2,5-6,8H2,(H,16,17). The van der Waals surface area contributed by atoms with Crippen molar-refractivity contribution < 1.29 is 14.3 Å². The second-order valence-electron chi connectivity index (χ2n) is 4.52. The second kappa shape index (κ2) is 5.27. The molecule has 0 bridgehead atoms. The summed E-state index contributed by atoms with van der Waals surface area (Å²) in [7, 11) is 0. The number of hydrogen-bond acceptors (Lipinski definition) is 2. The van der Waals surface area contributed by atoms with Crippen molar-refractivity contribution in [3.63, 3.8) is 0 Å². The lowest BCUT2D eigenvalue weighted by Gasteiger charge is -2.06. The Balaban J connectivity index is 1.88. The predicted molar refractivity (Wildman–Crippen MR) is 62.4 cm³/mol. The molecule has 0 aliphatic heterocycles. The highest BCUT2D eigenvalue weighted by Gasteiger charge is 2.20. The summed E-state index contributed by atoms with van der Waals surface area (Å²) in [6.07, 6.45) is 3.75. The molecule has 0 aromatic heterocycles. The van der Waals surface area contributed by atoms with Crippen LogP contribution in [0.3, 0.4) is 0 Å². The summed E-state index contributed by atoms with van der Waals surface area (Å²) < 4.78 is 13.4. The Labute approximate surface area is 99.7 Å². The van der Waals surface area contributed by atoms with Gasteiger partial charge in [-0.25, -0.2) is 9.18 Å². The zero-order chi connectivity index (χ0) is 12.3. The molecule has 0 amide bonds. The molecule has 0 spiro atoms. The van der Waals surface area contributed by atoms with E-state index in [0.29, 0.717) is 12.1 Å². The lowest BCUT2D eigenvalue weighted by molar-refractivity contribution is 0.0696. The van der Waals surface area contributed by atoms with Crippen LogP contribution in [0.15, 0.2) is 18.2 Å². The van der Waals surface area contributed by atoms with E-state index in [2.05, 4.69) is 5.32 Å². The summed E-state index contributed by atoms with van der Waals surface area (Å²) in [5.74, 6) is -0.532. The molecule has 1 saturated carbocycles. The number of nitrogens with one attached hydrogen (secondary N) is 1. The van der Waals surface area contributed by atoms with Crippen molar-refractivity contribution in [3.8, 4) is 0 Å². The van der Waals surface area contributed by atoms with Crippen LogP contribution < -0.4 is 5.32 Å². The summed E-state index contributed by atoms with van der Waals surface area (Å²) in [5, 5.41) is 12.0. The Morgan fingerprint density at radius 2 is 2.24 bits per heavy atom. The van der Waals surface area contributed by atoms with E-state index in [9.17, 15) is 9.18 Å². The average molecular weight is 237 g/mol. The minimum absolute atomic E-state index is 0.130. The molecule has 1 aliphatic carbocycles. The van der Waals surface area contributed by atoms with Crippen LogP contribution in [0, 0.1) is 11.7 Å². The number of hydrogen-bond donors (Lipinski definition) is 2. The van der Waals surface area contributed by atoms with Gasteiger partial charge >= 0.3 is 5.97 Å². The summed E-state index contributed by atoms with van der Waals surface area (Å²) >= 11 is 0. The van der Waals surface area contributed by atoms with Gasteiger partial charge in [-0.1, -0.05) is 12.8 Å². The molecule has 2 rings (SSSR count). The topological polar surface area (TPSA) is 49.3 Å². The van der Waals surface area contributed by atoms with E-state index < -0.39 is 5.97 Å². The molecule has 0 radical (unpaired) electrons. The summed E-state index contributed by atoms with van der Waals surface area (Å²) in [5.41, 5.74) is 0.547. The van der Waals surface area contributed by atoms with Gasteiger partial charge in [-0.2, -0.15) is 0 Å². The minimum atomic E-state index is -1.02. The Morgan fingerprint density at radius 3 is 2.88 bits per heavy atom. The maximum atomic E-state index is 13.4. The second-order valence-corrected chi connectivity index (χ2v) is 4.52. The molecular weight excluding hydrogens is 221 g/mol. The Bertz CT molecular complexity index is 416. The zero-order valence-corrected chi connectivity index (χ0v) is 9.58. The van der Waals surface area contributed by atoms with Gasteiger partial charge in [0.15, 0.2) is 0 Å². The first-order valence-electron chi connectivity index (χ1n) is 5.89. The monoisotopic (exact) mass is 237 g/mol. The third-order valence-corrected chi connectivity index (χ3v) is 3.03. The average Bonchev–Trinajstić information content (AvgIpc) is 3.10. The first-order chi connectivity index (χ1) is 8.16. The van der Waals surface area contributed by atoms with Gasteiger partial charge in [-0.05, 0) is 37.1 Å². The van der Waals surface area contributed by atoms with Crippen molar-refractivity contribution in [2.24, 2.45) is 5.92 Å². The van der Waals surface area contributed by atoms with Crippen LogP contribution in [-0.4, -0.2) is 17.6 Å². The highest BCUT2D eigenvalue weighted by molar-refractivity contribution is 5.87. The molecule has 0 saturated heterocycles. The lowest BCUT2D eigenvalue weighted by atomic mass is 10.1. The predicted octanol–water partition coefficient (Wildman–Crippen LogP) is 2.41. The molecule has 3 nitrogen and oxygen atoms in total. The van der Waals surface area contributed by atoms with Gasteiger partial charge in [-0.3, -0.25) is 0 Å². The Morgan fingerprint density at radius 1 is 1.47 bits per heavy atom. The third kappa shape index (κ3) is 3.53. The van der Waals surface area contributed by atoms with Crippen molar-refractivity contribution in [2.75, 3.05) is 6.54 Å². The molecule has 1 aromatic carbocycles. The van der Waals surface area contributed by atoms with E-state index in [1.54, 1.807) is 0 Å². The number of carbonyl (C=O) groups is 1. The highest BCUT2D eigenvalue weighted by atomic mass is 19.1. The van der Waals surface area contributed by atoms with Crippen LogP contribution in [0.1, 0.15) is 35.2 Å². The SMILES string of the molecule is O=C(O)c1ccc(F)c(CNCCC2CC2)c1. The smallest absolute Gasteiger partial charge is 0.335 e. The maximum Gasteiger partial charge on any atom is 0.335 e. The van der Waals surface area contributed by atoms with Gasteiger partial charge < -0.3 is 10.4 Å². The van der Waals surface area contributed by atoms with Crippen molar-refractivity contribution in [1.29, 1.82) is 0 Å². The summed E-state index contributed by atoms with van der Waals surface area (Å²) in [6.45, 7) is 1.25. The normalized spacial score (nSPS) is 14.9. The molecule has 92 valence electrons. The van der Waals surface area contributed by atoms with Crippen LogP contribution in [0.25, 0.3) is 0 Å². The fourth-order valence-electron chi connectivity index (χ4n) is 1.78. The van der Waals surface area contributed by atoms with Crippen molar-refractivity contribution in [2.45, 2.75) is 25.8 Å². The number of aromatic carboxylic acids is 1. The molecule has 2 N–H and O–H groups in total. The number of halogens is 1. The Hall–Kier alpha value is -1.42. The van der Waals surface area contributed by atoms with E-state index in [0.717, 1.165) is 18.9 Å². The van der Waals surface area contributed by atoms with Crippen LogP contribution in [0.4, 0.5) is 4.39 Å². The van der Waals surface area contributed by atoms with Gasteiger partial charge in [0, 0.05) is 12.1 Å². The van der Waals surface area contributed by atoms with Gasteiger partial charge in [0.1, 0.15) is 5.82 Å². The van der Waals surface area contributed by atoms with Crippen molar-refractivity contribution in [1.82, 2.24) is 5.32 Å². The Kier molecular flexibility index (Phi) is 3.74. The van der Waals surface area contributed by atoms with E-state index in [1.165, 1.54) is 31.0 Å². The molecule has 0 atom stereocenters. The fourth-order valence-corrected chi connectivity index (χ4v) is 1.78. The van der Waals surface area contributed by atoms with Gasteiger partial charge in [-0.15, -0.1) is 0 Å². The molecule has 1 fully saturated rings. The number of carboxylic acids is 1. The van der Waals surface area contributed by atoms with Crippen molar-refractivity contribution >= 4 is 5.97 Å². The number of carboxylic acid groups (broad SMARTS) is 1. The molecule has 0 unspecified atom stereocenters. The zero-order valence-electron chi connectivity index (χ0n) is 9.58. The molecule has 4 heteroatoms. The molecule has 17 heavy (non-hydrogen) atoms. The van der Waals surface area contributed by atoms with E-state index in [-0.39, 0.29) is 11.4 Å². The van der Waals surface area contributed by atoms with E-state index in [4.69, 9.17) is 5.11 Å². The van der Waals surface area contributed by atoms with Gasteiger partial charge in [0.25, 0.3) is 0 Å². The fraction of sp³-hybridized carbons (Fsp3) is 0.462. The molecule has 0 heterocycles. The highest BCUT2D eigenvalue weighted by Crippen LogP contribution is 2.31. The molecule has 1 aromatic rings.